The van der Waals surface area contributed by atoms with Crippen molar-refractivity contribution in [3.8, 4) is 0 Å². The number of aliphatic hydroxyl groups is 1. The molecule has 0 saturated heterocycles. The van der Waals surface area contributed by atoms with Crippen LogP contribution in [0.15, 0.2) is 36.5 Å². The molecule has 2 aromatic rings. The maximum atomic E-state index is 10.6. The molecule has 2 rings (SSSR count). The molecule has 2 unspecified atom stereocenters. The Morgan fingerprint density at radius 2 is 2.06 bits per heavy atom. The van der Waals surface area contributed by atoms with Crippen LogP contribution in [0.25, 0.3) is 10.9 Å². The van der Waals surface area contributed by atoms with Gasteiger partial charge in [0.05, 0.1) is 11.1 Å². The van der Waals surface area contributed by atoms with Crippen molar-refractivity contribution in [2.24, 2.45) is 5.92 Å². The molecule has 90 valence electrons. The summed E-state index contributed by atoms with van der Waals surface area (Å²) in [4.78, 5) is 4.40. The number of rotatable bonds is 3. The van der Waals surface area contributed by atoms with E-state index in [0.717, 1.165) is 22.9 Å². The van der Waals surface area contributed by atoms with E-state index < -0.39 is 5.60 Å². The molecule has 2 heteroatoms. The van der Waals surface area contributed by atoms with Crippen LogP contribution < -0.4 is 0 Å². The third-order valence-corrected chi connectivity index (χ3v) is 3.75. The number of para-hydroxylation sites is 1. The summed E-state index contributed by atoms with van der Waals surface area (Å²) in [5.74, 6) is 0.213. The Morgan fingerprint density at radius 1 is 1.35 bits per heavy atom. The van der Waals surface area contributed by atoms with Gasteiger partial charge in [0.1, 0.15) is 0 Å². The summed E-state index contributed by atoms with van der Waals surface area (Å²) in [6.07, 6.45) is 2.73. The van der Waals surface area contributed by atoms with Crippen molar-refractivity contribution in [1.82, 2.24) is 4.98 Å². The highest BCUT2D eigenvalue weighted by atomic mass is 16.3. The first kappa shape index (κ1) is 12.1. The van der Waals surface area contributed by atoms with Crippen molar-refractivity contribution < 1.29 is 5.11 Å². The highest BCUT2D eigenvalue weighted by Crippen LogP contribution is 2.32. The second-order valence-corrected chi connectivity index (χ2v) is 4.87. The van der Waals surface area contributed by atoms with Crippen LogP contribution in [0.3, 0.4) is 0 Å². The summed E-state index contributed by atoms with van der Waals surface area (Å²) in [6.45, 7) is 6.02. The van der Waals surface area contributed by atoms with E-state index in [0.29, 0.717) is 0 Å². The first-order valence-electron chi connectivity index (χ1n) is 6.13. The van der Waals surface area contributed by atoms with Gasteiger partial charge in [-0.3, -0.25) is 4.98 Å². The van der Waals surface area contributed by atoms with Crippen LogP contribution in [0, 0.1) is 5.92 Å². The fraction of sp³-hybridized carbons (Fsp3) is 0.400. The highest BCUT2D eigenvalue weighted by molar-refractivity contribution is 5.78. The van der Waals surface area contributed by atoms with E-state index in [-0.39, 0.29) is 5.92 Å². The first-order chi connectivity index (χ1) is 8.05. The molecule has 0 amide bonds. The van der Waals surface area contributed by atoms with Crippen molar-refractivity contribution in [2.45, 2.75) is 32.8 Å². The molecule has 1 aromatic carbocycles. The van der Waals surface area contributed by atoms with E-state index in [2.05, 4.69) is 18.8 Å². The van der Waals surface area contributed by atoms with Crippen LogP contribution in [-0.4, -0.2) is 10.1 Å². The number of hydrogen-bond acceptors (Lipinski definition) is 2. The summed E-state index contributed by atoms with van der Waals surface area (Å²) in [6, 6.07) is 10.0. The quantitative estimate of drug-likeness (QED) is 0.874. The van der Waals surface area contributed by atoms with E-state index in [1.807, 2.05) is 37.3 Å². The van der Waals surface area contributed by atoms with E-state index >= 15 is 0 Å². The standard InChI is InChI=1S/C15H19NO/c1-4-11(2)15(3,17)13-9-12-7-5-6-8-14(12)16-10-13/h5-11,17H,4H2,1-3H3. The second-order valence-electron chi connectivity index (χ2n) is 4.87. The molecular formula is C15H19NO. The fourth-order valence-electron chi connectivity index (χ4n) is 2.03. The molecule has 0 aliphatic heterocycles. The average Bonchev–Trinajstić information content (AvgIpc) is 2.37. The number of nitrogens with zero attached hydrogens (tertiary/aromatic N) is 1. The van der Waals surface area contributed by atoms with Crippen LogP contribution in [0.1, 0.15) is 32.8 Å². The van der Waals surface area contributed by atoms with Crippen LogP contribution in [0.2, 0.25) is 0 Å². The average molecular weight is 229 g/mol. The molecule has 1 N–H and O–H groups in total. The monoisotopic (exact) mass is 229 g/mol. The van der Waals surface area contributed by atoms with Gasteiger partial charge in [-0.2, -0.15) is 0 Å². The predicted octanol–water partition coefficient (Wildman–Crippen LogP) is 3.49. The molecule has 1 aromatic heterocycles. The predicted molar refractivity (Wildman–Crippen MR) is 70.8 cm³/mol. The lowest BCUT2D eigenvalue weighted by atomic mass is 9.83. The molecule has 2 atom stereocenters. The summed E-state index contributed by atoms with van der Waals surface area (Å²) >= 11 is 0. The van der Waals surface area contributed by atoms with E-state index in [9.17, 15) is 5.11 Å². The van der Waals surface area contributed by atoms with Crippen molar-refractivity contribution >= 4 is 10.9 Å². The molecule has 0 aliphatic carbocycles. The minimum atomic E-state index is -0.814. The molecule has 0 bridgehead atoms. The van der Waals surface area contributed by atoms with Crippen molar-refractivity contribution in [2.75, 3.05) is 0 Å². The van der Waals surface area contributed by atoms with E-state index in [1.54, 1.807) is 6.20 Å². The van der Waals surface area contributed by atoms with Crippen LogP contribution in [-0.2, 0) is 5.60 Å². The van der Waals surface area contributed by atoms with E-state index in [4.69, 9.17) is 0 Å². The number of pyridine rings is 1. The van der Waals surface area contributed by atoms with E-state index in [1.165, 1.54) is 0 Å². The number of hydrogen-bond donors (Lipinski definition) is 1. The normalized spacial score (nSPS) is 16.7. The van der Waals surface area contributed by atoms with Gasteiger partial charge in [0.15, 0.2) is 0 Å². The number of benzene rings is 1. The summed E-state index contributed by atoms with van der Waals surface area (Å²) in [5.41, 5.74) is 1.05. The van der Waals surface area contributed by atoms with Gasteiger partial charge >= 0.3 is 0 Å². The molecular weight excluding hydrogens is 210 g/mol. The molecule has 2 nitrogen and oxygen atoms in total. The molecule has 17 heavy (non-hydrogen) atoms. The molecule has 1 heterocycles. The van der Waals surface area contributed by atoms with Crippen molar-refractivity contribution in [3.05, 3.63) is 42.1 Å². The SMILES string of the molecule is CCC(C)C(C)(O)c1cnc2ccccc2c1. The van der Waals surface area contributed by atoms with Crippen LogP contribution >= 0.6 is 0 Å². The van der Waals surface area contributed by atoms with Gasteiger partial charge in [-0.25, -0.2) is 0 Å². The lowest BCUT2D eigenvalue weighted by Crippen LogP contribution is -2.29. The molecule has 0 radical (unpaired) electrons. The summed E-state index contributed by atoms with van der Waals surface area (Å²) < 4.78 is 0. The minimum Gasteiger partial charge on any atom is -0.385 e. The van der Waals surface area contributed by atoms with Crippen molar-refractivity contribution in [3.63, 3.8) is 0 Å². The smallest absolute Gasteiger partial charge is 0.0908 e. The zero-order chi connectivity index (χ0) is 12.5. The van der Waals surface area contributed by atoms with Gasteiger partial charge < -0.3 is 5.11 Å². The topological polar surface area (TPSA) is 33.1 Å². The van der Waals surface area contributed by atoms with Crippen molar-refractivity contribution in [1.29, 1.82) is 0 Å². The van der Waals surface area contributed by atoms with Gasteiger partial charge in [-0.1, -0.05) is 38.5 Å². The molecule has 0 fully saturated rings. The fourth-order valence-corrected chi connectivity index (χ4v) is 2.03. The Kier molecular flexibility index (Phi) is 3.16. The zero-order valence-corrected chi connectivity index (χ0v) is 10.6. The third kappa shape index (κ3) is 2.18. The molecule has 0 aliphatic rings. The van der Waals surface area contributed by atoms with Gasteiger partial charge in [0, 0.05) is 17.1 Å². The van der Waals surface area contributed by atoms with Gasteiger partial charge in [0.25, 0.3) is 0 Å². The summed E-state index contributed by atoms with van der Waals surface area (Å²) in [7, 11) is 0. The second kappa shape index (κ2) is 4.46. The lowest BCUT2D eigenvalue weighted by molar-refractivity contribution is -0.000138. The third-order valence-electron chi connectivity index (χ3n) is 3.75. The van der Waals surface area contributed by atoms with Gasteiger partial charge in [0.2, 0.25) is 0 Å². The van der Waals surface area contributed by atoms with Gasteiger partial charge in [-0.15, -0.1) is 0 Å². The van der Waals surface area contributed by atoms with Crippen LogP contribution in [0.4, 0.5) is 0 Å². The Hall–Kier alpha value is -1.41. The Bertz CT molecular complexity index is 519. The minimum absolute atomic E-state index is 0.213. The van der Waals surface area contributed by atoms with Gasteiger partial charge in [-0.05, 0) is 25.0 Å². The lowest BCUT2D eigenvalue weighted by Gasteiger charge is -2.30. The first-order valence-corrected chi connectivity index (χ1v) is 6.13. The Balaban J connectivity index is 2.49. The molecule has 0 saturated carbocycles. The zero-order valence-electron chi connectivity index (χ0n) is 10.6. The number of fused-ring (bicyclic) bond motifs is 1. The largest absolute Gasteiger partial charge is 0.385 e. The molecule has 0 spiro atoms. The Morgan fingerprint density at radius 3 is 2.76 bits per heavy atom. The maximum absolute atomic E-state index is 10.6. The Labute approximate surface area is 102 Å². The summed E-state index contributed by atoms with van der Waals surface area (Å²) in [5, 5.41) is 11.7. The maximum Gasteiger partial charge on any atom is 0.0908 e. The van der Waals surface area contributed by atoms with Crippen LogP contribution in [0.5, 0.6) is 0 Å². The highest BCUT2D eigenvalue weighted by Gasteiger charge is 2.29. The number of aromatic nitrogens is 1.